The van der Waals surface area contributed by atoms with Crippen LogP contribution >= 0.6 is 0 Å². The molecule has 0 bridgehead atoms. The van der Waals surface area contributed by atoms with Gasteiger partial charge in [0.15, 0.2) is 31.0 Å². The predicted molar refractivity (Wildman–Crippen MR) is 511 cm³/mol. The molecular weight excluding hydrogens is 1500 g/mol. The summed E-state index contributed by atoms with van der Waals surface area (Å²) in [7, 11) is 8.72. The highest BCUT2D eigenvalue weighted by atomic mass is 15.0. The molecule has 0 fully saturated rings. The molecule has 0 spiro atoms. The maximum absolute atomic E-state index is 9.51. The Balaban J connectivity index is 0.000000121. The quantitative estimate of drug-likeness (QED) is 0.146. The third-order valence-electron chi connectivity index (χ3n) is 27.4. The molecule has 10 aromatic carbocycles. The van der Waals surface area contributed by atoms with Crippen molar-refractivity contribution in [3.05, 3.63) is 382 Å². The molecule has 0 saturated heterocycles. The fraction of sp³-hybridized carbons (Fsp3) is 0.286. The molecule has 124 heavy (non-hydrogen) atoms. The van der Waals surface area contributed by atoms with Crippen molar-refractivity contribution in [3.8, 4) is 112 Å². The number of rotatable bonds is 1. The van der Waals surface area contributed by atoms with Gasteiger partial charge in [-0.05, 0) is 270 Å². The first-order chi connectivity index (χ1) is 75.3. The smallest absolute Gasteiger partial charge is 0.201 e. The van der Waals surface area contributed by atoms with E-state index in [9.17, 15) is 8.22 Å². The van der Waals surface area contributed by atoms with Gasteiger partial charge in [0.2, 0.25) is 28.5 Å². The minimum absolute atomic E-state index is 0.0146. The predicted octanol–water partition coefficient (Wildman–Crippen LogP) is 25.0. The highest BCUT2D eigenvalue weighted by Gasteiger charge is 2.58. The van der Waals surface area contributed by atoms with Crippen molar-refractivity contribution < 1.29 is 76.3 Å². The van der Waals surface area contributed by atoms with E-state index in [-0.39, 0.29) is 50.2 Å². The molecule has 9 aliphatic carbocycles. The molecule has 9 aliphatic rings. The topological polar surface area (TPSA) is 19.4 Å². The van der Waals surface area contributed by atoms with Gasteiger partial charge < -0.3 is 0 Å². The second-order valence-electron chi connectivity index (χ2n) is 35.2. The van der Waals surface area contributed by atoms with Gasteiger partial charge in [-0.25, -0.2) is 22.8 Å². The molecule has 5 nitrogen and oxygen atoms in total. The van der Waals surface area contributed by atoms with E-state index < -0.39 is 151 Å². The summed E-state index contributed by atoms with van der Waals surface area (Å²) in [5, 5.41) is 0. The van der Waals surface area contributed by atoms with Gasteiger partial charge in [0.1, 0.15) is 35.2 Å². The van der Waals surface area contributed by atoms with Crippen LogP contribution in [0, 0.1) is 82.8 Å². The van der Waals surface area contributed by atoms with Crippen LogP contribution in [0.15, 0.2) is 237 Å². The van der Waals surface area contributed by atoms with E-state index in [0.717, 1.165) is 89.1 Å². The van der Waals surface area contributed by atoms with E-state index >= 15 is 0 Å². The molecule has 24 rings (SSSR count). The van der Waals surface area contributed by atoms with E-state index in [1.54, 1.807) is 165 Å². The first kappa shape index (κ1) is 47.7. The van der Waals surface area contributed by atoms with Crippen LogP contribution in [0.3, 0.4) is 0 Å². The van der Waals surface area contributed by atoms with Crippen LogP contribution in [-0.4, -0.2) is 0 Å². The average molecular weight is 1660 g/mol. The summed E-state index contributed by atoms with van der Waals surface area (Å²) < 4.78 is 345. The van der Waals surface area contributed by atoms with E-state index in [4.69, 9.17) is 45.2 Å². The zero-order valence-electron chi connectivity index (χ0n) is 110. The minimum Gasteiger partial charge on any atom is -0.201 e. The number of hydrogen-bond acceptors (Lipinski definition) is 0. The Labute approximate surface area is 792 Å². The lowest BCUT2D eigenvalue weighted by Gasteiger charge is -2.47. The fourth-order valence-corrected chi connectivity index (χ4v) is 21.7. The molecule has 5 heteroatoms. The molecule has 0 saturated carbocycles. The third-order valence-corrected chi connectivity index (χ3v) is 27.4. The van der Waals surface area contributed by atoms with Gasteiger partial charge in [0.25, 0.3) is 0 Å². The molecule has 15 aromatic rings. The molecule has 616 valence electrons. The molecular formula is C119H120N5+5. The lowest BCUT2D eigenvalue weighted by atomic mass is 9.54. The van der Waals surface area contributed by atoms with Crippen molar-refractivity contribution in [1.82, 2.24) is 0 Å². The van der Waals surface area contributed by atoms with Crippen molar-refractivity contribution in [2.24, 2.45) is 35.2 Å². The van der Waals surface area contributed by atoms with Crippen LogP contribution in [0.5, 0.6) is 0 Å². The van der Waals surface area contributed by atoms with Crippen molar-refractivity contribution in [1.29, 1.82) is 0 Å². The summed E-state index contributed by atoms with van der Waals surface area (Å²) in [6, 6.07) is 61.3. The molecule has 0 aliphatic heterocycles. The molecule has 5 atom stereocenters. The maximum Gasteiger partial charge on any atom is 0.216 e. The third kappa shape index (κ3) is 11.1. The summed E-state index contributed by atoms with van der Waals surface area (Å²) in [4.78, 5) is 0. The Morgan fingerprint density at radius 3 is 1.31 bits per heavy atom. The first-order valence-electron chi connectivity index (χ1n) is 61.7. The molecule has 5 aromatic heterocycles. The Morgan fingerprint density at radius 1 is 0.290 bits per heavy atom. The number of nitrogens with zero attached hydrogens (tertiary/aromatic N) is 5. The Hall–Kier alpha value is -12.1. The fourth-order valence-electron chi connectivity index (χ4n) is 21.7. The van der Waals surface area contributed by atoms with Crippen LogP contribution in [-0.2, 0) is 86.8 Å². The average Bonchev–Trinajstić information content (AvgIpc) is 1.48. The largest absolute Gasteiger partial charge is 0.216 e. The number of fused-ring (bicyclic) bond motifs is 23. The lowest BCUT2D eigenvalue weighted by Crippen LogP contribution is -2.49. The summed E-state index contributed by atoms with van der Waals surface area (Å²) in [5.41, 5.74) is 11.0. The van der Waals surface area contributed by atoms with Crippen LogP contribution in [0.2, 0.25) is 0 Å². The SMILES string of the molecule is [2H]C([2H])([2H])C12c3cc(C)ccc3-c3ccc(C)c(c31)-c1c(ccc[n+]1C)C2(C([2H])([2H])[2H])C([2H])([2H])[2H].[2H]C([2H])([2H])C12c3cc(C)ccc3-c3ccc(C)c(c31)-c1c(ccc[n+]1C)C2([2H])[2H].[2H]C([2H])([2H])c1c[n+](C)c2c(c1C([2H])([2H])[2H])C([2H])([2H])C1(C([2H])([2H])[2H])c3ccccc3-c3ccc(C)c-2c31.[2H]C([2H])c1cc2c([n+](C)c1)-c1c(C)ccc3c1C(C([2H])([2H])[2H])(c1ccccc1-3)C2([2H])[2H].[2H]C([2H])c1cc[n+](C)c(-c2c(C)ccc3c2C(C)(C([2H])([2H])[2H])c2ccccc2-3)c1C([2H])[2H]. The second-order valence-corrected chi connectivity index (χ2v) is 35.2. The van der Waals surface area contributed by atoms with Crippen LogP contribution in [0.1, 0.15) is 253 Å². The van der Waals surface area contributed by atoms with E-state index in [1.807, 2.05) is 156 Å². The molecule has 5 heterocycles. The van der Waals surface area contributed by atoms with Gasteiger partial charge in [-0.1, -0.05) is 236 Å². The van der Waals surface area contributed by atoms with Gasteiger partial charge in [-0.3, -0.25) is 0 Å². The summed E-state index contributed by atoms with van der Waals surface area (Å²) in [5.74, 6) is 0. The van der Waals surface area contributed by atoms with Crippen LogP contribution in [0.4, 0.5) is 0 Å². The van der Waals surface area contributed by atoms with Gasteiger partial charge in [0, 0.05) is 143 Å². The number of hydrogen-bond donors (Lipinski definition) is 0. The number of aromatic nitrogens is 5. The molecule has 0 radical (unpaired) electrons. The monoisotopic (exact) mass is 1660 g/mol. The van der Waals surface area contributed by atoms with Crippen LogP contribution in [0.25, 0.3) is 112 Å². The highest BCUT2D eigenvalue weighted by molar-refractivity contribution is 5.97. The van der Waals surface area contributed by atoms with Crippen molar-refractivity contribution in [3.63, 3.8) is 0 Å². The maximum atomic E-state index is 9.51. The second kappa shape index (κ2) is 28.0. The zero-order chi connectivity index (χ0) is 120. The lowest BCUT2D eigenvalue weighted by molar-refractivity contribution is -0.661. The summed E-state index contributed by atoms with van der Waals surface area (Å²) >= 11 is 0. The van der Waals surface area contributed by atoms with Crippen molar-refractivity contribution >= 4 is 0 Å². The Morgan fingerprint density at radius 2 is 0.750 bits per heavy atom. The molecule has 5 unspecified atom stereocenters. The normalized spacial score (nSPS) is 26.5. The summed E-state index contributed by atoms with van der Waals surface area (Å²) in [6.07, 6.45) is 1.02. The standard InChI is InChI=1S/C25H26N.C24H24N.C24H26N.2C23H22N/c1-15-9-11-17-18-12-10-16(2)21-22(18)25(5,20(17)14-15)24(3,4)19-8-7-13-26(6)23(19)21;1-14-10-11-18-17-8-6-7-9-20(17)24(4)12-19-16(3)15(2)13-25(5)23(19)21(14)22(18)24;1-15-13-14-25(6)23(17(15)3)21-16(2)11-12-19-18-9-7-8-10-20(18)24(4,5)22(19)21;1-14-7-9-17-18-10-8-15(2)20-21(18)23(3,19(17)12-14)13-16-6-5-11-24(4)22(16)20;1-14-11-16-12-23(3)19-8-6-5-7-17(19)18-10-9-15(2)20(21(18)23)22(16)24(4)13-14/h7-14H,1-6H3;6-11,13H,12H2,1-5H3;7-14H,1-6H3;5-12H,13H2,1-4H3;5-11,13H,12H2,1-4H3/q5*+1/i3D3,4D3,5D3;2D3,3D3,4D3,12D2;1D2,3D2,4D3;3D3,13D2;1D2,3D3,12D2. The first-order valence-corrected chi connectivity index (χ1v) is 41.7. The number of aryl methyl sites for hydroxylation is 15. The van der Waals surface area contributed by atoms with E-state index in [0.29, 0.717) is 101 Å². The van der Waals surface area contributed by atoms with Crippen molar-refractivity contribution in [2.45, 2.75) is 189 Å². The van der Waals surface area contributed by atoms with Gasteiger partial charge in [-0.15, -0.1) is 0 Å². The highest BCUT2D eigenvalue weighted by Crippen LogP contribution is 2.66. The van der Waals surface area contributed by atoms with Gasteiger partial charge in [-0.2, -0.15) is 0 Å². The molecule has 0 amide bonds. The van der Waals surface area contributed by atoms with E-state index in [1.165, 1.54) is 29.9 Å². The van der Waals surface area contributed by atoms with E-state index in [2.05, 4.69) is 0 Å². The zero-order valence-corrected chi connectivity index (χ0v) is 71.5. The summed E-state index contributed by atoms with van der Waals surface area (Å²) in [6.45, 7) is -15.0. The number of pyridine rings is 5. The minimum atomic E-state index is -3.19. The Bertz CT molecular complexity index is 8860. The van der Waals surface area contributed by atoms with Gasteiger partial charge >= 0.3 is 0 Å². The molecule has 0 N–H and O–H groups in total. The van der Waals surface area contributed by atoms with Gasteiger partial charge in [0.05, 0.1) is 27.8 Å². The number of benzene rings is 10. The Kier molecular flexibility index (Phi) is 10.8. The van der Waals surface area contributed by atoms with Crippen molar-refractivity contribution in [2.75, 3.05) is 0 Å². The van der Waals surface area contributed by atoms with Crippen LogP contribution < -0.4 is 22.8 Å².